The van der Waals surface area contributed by atoms with Crippen molar-refractivity contribution in [2.45, 2.75) is 25.7 Å². The van der Waals surface area contributed by atoms with Gasteiger partial charge in [0.2, 0.25) is 0 Å². The average molecular weight is 240 g/mol. The van der Waals surface area contributed by atoms with Crippen molar-refractivity contribution in [2.24, 2.45) is 5.73 Å². The maximum atomic E-state index is 13.3. The first-order valence-corrected chi connectivity index (χ1v) is 6.15. The van der Waals surface area contributed by atoms with Gasteiger partial charge in [0.25, 0.3) is 0 Å². The van der Waals surface area contributed by atoms with Crippen molar-refractivity contribution in [2.75, 3.05) is 24.5 Å². The van der Waals surface area contributed by atoms with Gasteiger partial charge in [0.15, 0.2) is 11.6 Å². The highest BCUT2D eigenvalue weighted by Gasteiger charge is 2.18. The normalized spacial score (nSPS) is 15.6. The van der Waals surface area contributed by atoms with E-state index in [9.17, 15) is 8.78 Å². The molecule has 0 saturated carbocycles. The maximum absolute atomic E-state index is 13.3. The molecular formula is C13H18F2N2. The van der Waals surface area contributed by atoms with Gasteiger partial charge in [-0.15, -0.1) is 0 Å². The molecule has 1 aliphatic rings. The molecule has 0 unspecified atom stereocenters. The zero-order valence-corrected chi connectivity index (χ0v) is 9.88. The third-order valence-electron chi connectivity index (χ3n) is 3.22. The number of hydrogen-bond donors (Lipinski definition) is 1. The summed E-state index contributed by atoms with van der Waals surface area (Å²) in [6.07, 6.45) is 3.75. The monoisotopic (exact) mass is 240 g/mol. The molecule has 17 heavy (non-hydrogen) atoms. The first kappa shape index (κ1) is 12.3. The molecule has 0 spiro atoms. The van der Waals surface area contributed by atoms with E-state index in [1.165, 1.54) is 12.1 Å². The van der Waals surface area contributed by atoms with Crippen LogP contribution < -0.4 is 10.6 Å². The molecule has 2 N–H and O–H groups in total. The number of nitrogens with two attached hydrogens (primary N) is 1. The first-order valence-electron chi connectivity index (χ1n) is 6.15. The Morgan fingerprint density at radius 2 is 1.76 bits per heavy atom. The zero-order chi connectivity index (χ0) is 12.3. The van der Waals surface area contributed by atoms with Crippen LogP contribution in [0.1, 0.15) is 24.8 Å². The van der Waals surface area contributed by atoms with E-state index in [0.29, 0.717) is 13.0 Å². The van der Waals surface area contributed by atoms with Gasteiger partial charge in [0.1, 0.15) is 0 Å². The Labute approximate surface area is 100 Å². The second-order valence-electron chi connectivity index (χ2n) is 4.48. The fourth-order valence-electron chi connectivity index (χ4n) is 2.32. The Morgan fingerprint density at radius 1 is 1.12 bits per heavy atom. The Hall–Kier alpha value is -1.16. The average Bonchev–Trinajstić information content (AvgIpc) is 2.83. The third kappa shape index (κ3) is 2.75. The number of halogens is 2. The summed E-state index contributed by atoms with van der Waals surface area (Å²) < 4.78 is 26.6. The van der Waals surface area contributed by atoms with Crippen LogP contribution in [-0.4, -0.2) is 19.6 Å². The number of aryl methyl sites for hydroxylation is 1. The quantitative estimate of drug-likeness (QED) is 0.876. The van der Waals surface area contributed by atoms with Crippen molar-refractivity contribution in [1.29, 1.82) is 0 Å². The first-order chi connectivity index (χ1) is 8.22. The van der Waals surface area contributed by atoms with Gasteiger partial charge >= 0.3 is 0 Å². The lowest BCUT2D eigenvalue weighted by molar-refractivity contribution is 0.506. The fourth-order valence-corrected chi connectivity index (χ4v) is 2.32. The van der Waals surface area contributed by atoms with Gasteiger partial charge in [-0.1, -0.05) is 0 Å². The molecule has 1 aliphatic heterocycles. The molecule has 1 saturated heterocycles. The van der Waals surface area contributed by atoms with Crippen LogP contribution in [0.5, 0.6) is 0 Å². The molecule has 0 amide bonds. The second kappa shape index (κ2) is 5.45. The summed E-state index contributed by atoms with van der Waals surface area (Å²) in [5, 5.41) is 0. The smallest absolute Gasteiger partial charge is 0.160 e. The van der Waals surface area contributed by atoms with Gasteiger partial charge in [0, 0.05) is 24.8 Å². The molecular weight excluding hydrogens is 222 g/mol. The lowest BCUT2D eigenvalue weighted by atomic mass is 10.1. The summed E-state index contributed by atoms with van der Waals surface area (Å²) in [6, 6.07) is 2.64. The molecule has 1 aromatic rings. The molecule has 4 heteroatoms. The van der Waals surface area contributed by atoms with Crippen LogP contribution in [0.3, 0.4) is 0 Å². The predicted octanol–water partition coefficient (Wildman–Crippen LogP) is 2.46. The van der Waals surface area contributed by atoms with Gasteiger partial charge in [0.05, 0.1) is 0 Å². The van der Waals surface area contributed by atoms with Crippen LogP contribution in [0.25, 0.3) is 0 Å². The van der Waals surface area contributed by atoms with Gasteiger partial charge in [-0.3, -0.25) is 0 Å². The Balaban J connectivity index is 2.29. The van der Waals surface area contributed by atoms with Crippen molar-refractivity contribution in [3.05, 3.63) is 29.3 Å². The SMILES string of the molecule is NCCCc1cc(F)c(F)cc1N1CCCC1. The number of rotatable bonds is 4. The van der Waals surface area contributed by atoms with E-state index >= 15 is 0 Å². The summed E-state index contributed by atoms with van der Waals surface area (Å²) in [4.78, 5) is 2.13. The van der Waals surface area contributed by atoms with Crippen LogP contribution in [0.15, 0.2) is 12.1 Å². The minimum absolute atomic E-state index is 0.568. The molecule has 0 bridgehead atoms. The fraction of sp³-hybridized carbons (Fsp3) is 0.538. The summed E-state index contributed by atoms with van der Waals surface area (Å²) in [5.74, 6) is -1.52. The number of hydrogen-bond acceptors (Lipinski definition) is 2. The molecule has 0 aliphatic carbocycles. The standard InChI is InChI=1S/C13H18F2N2/c14-11-8-10(4-3-5-16)13(9-12(11)15)17-6-1-2-7-17/h8-9H,1-7,16H2. The lowest BCUT2D eigenvalue weighted by Crippen LogP contribution is -2.20. The number of benzene rings is 1. The number of nitrogens with zero attached hydrogens (tertiary/aromatic N) is 1. The van der Waals surface area contributed by atoms with Crippen LogP contribution in [0.2, 0.25) is 0 Å². The molecule has 1 heterocycles. The summed E-state index contributed by atoms with van der Waals surface area (Å²) in [7, 11) is 0. The molecule has 0 atom stereocenters. The topological polar surface area (TPSA) is 29.3 Å². The van der Waals surface area contributed by atoms with Crippen molar-refractivity contribution >= 4 is 5.69 Å². The molecule has 2 nitrogen and oxygen atoms in total. The van der Waals surface area contributed by atoms with E-state index in [-0.39, 0.29) is 0 Å². The van der Waals surface area contributed by atoms with Crippen LogP contribution >= 0.6 is 0 Å². The van der Waals surface area contributed by atoms with E-state index in [1.807, 2.05) is 0 Å². The third-order valence-corrected chi connectivity index (χ3v) is 3.22. The Kier molecular flexibility index (Phi) is 3.94. The van der Waals surface area contributed by atoms with Crippen LogP contribution in [0.4, 0.5) is 14.5 Å². The van der Waals surface area contributed by atoms with Crippen molar-refractivity contribution in [1.82, 2.24) is 0 Å². The van der Waals surface area contributed by atoms with E-state index in [0.717, 1.165) is 43.6 Å². The summed E-state index contributed by atoms with van der Waals surface area (Å²) >= 11 is 0. The minimum atomic E-state index is -0.764. The van der Waals surface area contributed by atoms with Gasteiger partial charge in [-0.25, -0.2) is 8.78 Å². The maximum Gasteiger partial charge on any atom is 0.160 e. The van der Waals surface area contributed by atoms with Gasteiger partial charge < -0.3 is 10.6 Å². The van der Waals surface area contributed by atoms with E-state index in [2.05, 4.69) is 4.90 Å². The Morgan fingerprint density at radius 3 is 2.41 bits per heavy atom. The highest BCUT2D eigenvalue weighted by atomic mass is 19.2. The second-order valence-corrected chi connectivity index (χ2v) is 4.48. The lowest BCUT2D eigenvalue weighted by Gasteiger charge is -2.21. The van der Waals surface area contributed by atoms with Crippen molar-refractivity contribution < 1.29 is 8.78 Å². The highest BCUT2D eigenvalue weighted by Crippen LogP contribution is 2.28. The predicted molar refractivity (Wildman–Crippen MR) is 65.2 cm³/mol. The number of anilines is 1. The summed E-state index contributed by atoms with van der Waals surface area (Å²) in [5.41, 5.74) is 7.18. The van der Waals surface area contributed by atoms with E-state index in [1.54, 1.807) is 0 Å². The molecule has 94 valence electrons. The molecule has 2 rings (SSSR count). The minimum Gasteiger partial charge on any atom is -0.371 e. The van der Waals surface area contributed by atoms with E-state index in [4.69, 9.17) is 5.73 Å². The van der Waals surface area contributed by atoms with Crippen molar-refractivity contribution in [3.8, 4) is 0 Å². The van der Waals surface area contributed by atoms with E-state index < -0.39 is 11.6 Å². The summed E-state index contributed by atoms with van der Waals surface area (Å²) in [6.45, 7) is 2.43. The molecule has 1 fully saturated rings. The van der Waals surface area contributed by atoms with Gasteiger partial charge in [-0.05, 0) is 43.9 Å². The zero-order valence-electron chi connectivity index (χ0n) is 9.88. The highest BCUT2D eigenvalue weighted by molar-refractivity contribution is 5.55. The molecule has 0 aromatic heterocycles. The van der Waals surface area contributed by atoms with Crippen LogP contribution in [0, 0.1) is 11.6 Å². The molecule has 1 aromatic carbocycles. The Bertz CT molecular complexity index is 387. The molecule has 0 radical (unpaired) electrons. The van der Waals surface area contributed by atoms with Gasteiger partial charge in [-0.2, -0.15) is 0 Å². The van der Waals surface area contributed by atoms with Crippen LogP contribution in [-0.2, 0) is 6.42 Å². The largest absolute Gasteiger partial charge is 0.371 e. The van der Waals surface area contributed by atoms with Crippen molar-refractivity contribution in [3.63, 3.8) is 0 Å².